The number of benzene rings is 4. The van der Waals surface area contributed by atoms with Crippen LogP contribution in [0, 0.1) is 48.5 Å². The Balaban J connectivity index is -0.0000000372. The fourth-order valence-corrected chi connectivity index (χ4v) is 2.64. The van der Waals surface area contributed by atoms with Crippen LogP contribution in [0.4, 0.5) is 0 Å². The Labute approximate surface area is 267 Å². The van der Waals surface area contributed by atoms with Gasteiger partial charge in [-0.1, -0.05) is 190 Å². The quantitative estimate of drug-likeness (QED) is 0.218. The Hall–Kier alpha value is -3.20. The molecule has 0 amide bonds. The Morgan fingerprint density at radius 2 is 0.548 bits per heavy atom. The van der Waals surface area contributed by atoms with Crippen molar-refractivity contribution in [2.75, 3.05) is 7.11 Å². The maximum Gasteiger partial charge on any atom is 0.0319 e. The van der Waals surface area contributed by atoms with Gasteiger partial charge in [0.25, 0.3) is 0 Å². The molecule has 0 aliphatic carbocycles. The molecule has 4 aromatic rings. The molecule has 4 aromatic carbocycles. The third-order valence-corrected chi connectivity index (χ3v) is 4.76. The van der Waals surface area contributed by atoms with Crippen LogP contribution in [-0.4, -0.2) is 17.7 Å². The van der Waals surface area contributed by atoms with E-state index < -0.39 is 0 Å². The molecule has 0 bridgehead atoms. The van der Waals surface area contributed by atoms with Gasteiger partial charge in [-0.2, -0.15) is 0 Å². The Morgan fingerprint density at radius 3 is 0.738 bits per heavy atom. The lowest BCUT2D eigenvalue weighted by atomic mass is 10.1. The van der Waals surface area contributed by atoms with E-state index in [1.165, 1.54) is 38.9 Å². The van der Waals surface area contributed by atoms with Gasteiger partial charge in [0.2, 0.25) is 0 Å². The van der Waals surface area contributed by atoms with Gasteiger partial charge in [-0.15, -0.1) is 0 Å². The van der Waals surface area contributed by atoms with Crippen LogP contribution in [0.2, 0.25) is 0 Å². The van der Waals surface area contributed by atoms with E-state index in [0.29, 0.717) is 0 Å². The monoisotopic (exact) mass is 589 g/mol. The minimum atomic E-state index is 0. The van der Waals surface area contributed by atoms with E-state index in [1.54, 1.807) is 0 Å². The van der Waals surface area contributed by atoms with Crippen molar-refractivity contribution in [1.82, 2.24) is 0 Å². The highest BCUT2D eigenvalue weighted by Crippen LogP contribution is 2.03. The normalized spacial score (nSPS) is 6.88. The average Bonchev–Trinajstić information content (AvgIpc) is 2.81. The molecular weight excluding hydrogens is 512 g/mol. The molecule has 0 aliphatic rings. The number of hydrogen-bond acceptors (Lipinski definition) is 1. The van der Waals surface area contributed by atoms with Crippen molar-refractivity contribution in [3.05, 3.63) is 142 Å². The number of rotatable bonds is 0. The molecule has 0 aromatic heterocycles. The number of aliphatic hydroxyl groups excluding tert-OH is 1. The summed E-state index contributed by atoms with van der Waals surface area (Å²) in [6.07, 6.45) is 0. The van der Waals surface area contributed by atoms with E-state index in [-0.39, 0.29) is 64.9 Å². The highest BCUT2D eigenvalue weighted by atomic mass is 16.2. The standard InChI is InChI=1S/3C8H10.C7H8.CH4O.8CH4.H2O/c1-7-3-5-8(2)6-4-7;1-7-4-3-5-8(2)6-7;1-7-5-3-4-6-8(7)2;1-7-5-3-2-4-6-7;1-2;;;;;;;;;/h3*3-6H,1-2H3;2-6H,1H3;2H,1H3;8*1H4;1H2. The Kier molecular flexibility index (Phi) is 67.3. The van der Waals surface area contributed by atoms with Crippen molar-refractivity contribution in [2.45, 2.75) is 108 Å². The lowest BCUT2D eigenvalue weighted by Gasteiger charge is -1.93. The zero-order valence-corrected chi connectivity index (χ0v) is 22.3. The third-order valence-electron chi connectivity index (χ3n) is 4.76. The molecule has 0 unspecified atom stereocenters. The lowest BCUT2D eigenvalue weighted by molar-refractivity contribution is 0.399. The van der Waals surface area contributed by atoms with Crippen molar-refractivity contribution in [3.63, 3.8) is 0 Å². The lowest BCUT2D eigenvalue weighted by Crippen LogP contribution is -1.74. The Bertz CT molecular complexity index is 932. The number of hydrogen-bond donors (Lipinski definition) is 1. The molecule has 2 nitrogen and oxygen atoms in total. The molecule has 0 aliphatic heterocycles. The van der Waals surface area contributed by atoms with Crippen LogP contribution in [0.15, 0.2) is 103 Å². The van der Waals surface area contributed by atoms with E-state index in [9.17, 15) is 0 Å². The van der Waals surface area contributed by atoms with Gasteiger partial charge in [0.05, 0.1) is 0 Å². The minimum Gasteiger partial charge on any atom is -0.412 e. The molecular formula is C40H76O2. The molecule has 42 heavy (non-hydrogen) atoms. The zero-order valence-electron chi connectivity index (χ0n) is 22.3. The first-order valence-electron chi connectivity index (χ1n) is 11.3. The van der Waals surface area contributed by atoms with E-state index in [4.69, 9.17) is 5.11 Å². The number of aryl methyl sites for hydroxylation is 7. The largest absolute Gasteiger partial charge is 0.412 e. The first-order chi connectivity index (χ1) is 15.8. The summed E-state index contributed by atoms with van der Waals surface area (Å²) < 4.78 is 0. The van der Waals surface area contributed by atoms with Crippen LogP contribution in [-0.2, 0) is 0 Å². The predicted octanol–water partition coefficient (Wildman–Crippen LogP) is 12.8. The van der Waals surface area contributed by atoms with Gasteiger partial charge in [-0.3, -0.25) is 0 Å². The van der Waals surface area contributed by atoms with Crippen molar-refractivity contribution in [2.24, 2.45) is 0 Å². The first kappa shape index (κ1) is 66.8. The van der Waals surface area contributed by atoms with Crippen LogP contribution in [0.1, 0.15) is 98.4 Å². The summed E-state index contributed by atoms with van der Waals surface area (Å²) >= 11 is 0. The van der Waals surface area contributed by atoms with E-state index >= 15 is 0 Å². The molecule has 0 fully saturated rings. The highest BCUT2D eigenvalue weighted by Gasteiger charge is 1.84. The van der Waals surface area contributed by atoms with Gasteiger partial charge in [0.15, 0.2) is 0 Å². The molecule has 0 spiro atoms. The maximum absolute atomic E-state index is 7.00. The van der Waals surface area contributed by atoms with E-state index in [1.807, 2.05) is 18.2 Å². The van der Waals surface area contributed by atoms with Crippen molar-refractivity contribution in [3.8, 4) is 0 Å². The fourth-order valence-electron chi connectivity index (χ4n) is 2.64. The van der Waals surface area contributed by atoms with Crippen LogP contribution >= 0.6 is 0 Å². The topological polar surface area (TPSA) is 51.7 Å². The summed E-state index contributed by atoms with van der Waals surface area (Å²) in [7, 11) is 1.00. The molecule has 0 heterocycles. The first-order valence-corrected chi connectivity index (χ1v) is 11.3. The summed E-state index contributed by atoms with van der Waals surface area (Å²) in [6, 6.07) is 35.5. The van der Waals surface area contributed by atoms with Crippen LogP contribution in [0.25, 0.3) is 0 Å². The molecule has 2 heteroatoms. The Morgan fingerprint density at radius 1 is 0.310 bits per heavy atom. The van der Waals surface area contributed by atoms with E-state index in [0.717, 1.165) is 7.11 Å². The molecule has 0 saturated carbocycles. The smallest absolute Gasteiger partial charge is 0.0319 e. The van der Waals surface area contributed by atoms with Gasteiger partial charge in [-0.05, 0) is 59.6 Å². The summed E-state index contributed by atoms with van der Waals surface area (Å²) in [5.41, 5.74) is 9.39. The van der Waals surface area contributed by atoms with Crippen LogP contribution in [0.5, 0.6) is 0 Å². The van der Waals surface area contributed by atoms with Gasteiger partial charge in [0.1, 0.15) is 0 Å². The molecule has 0 radical (unpaired) electrons. The van der Waals surface area contributed by atoms with E-state index in [2.05, 4.69) is 133 Å². The van der Waals surface area contributed by atoms with Crippen LogP contribution in [0.3, 0.4) is 0 Å². The average molecular weight is 589 g/mol. The van der Waals surface area contributed by atoms with Gasteiger partial charge >= 0.3 is 0 Å². The fraction of sp³-hybridized carbons (Fsp3) is 0.400. The molecule has 3 N–H and O–H groups in total. The molecule has 0 atom stereocenters. The SMILES string of the molecule is C.C.C.C.C.C.C.C.CO.Cc1ccc(C)cc1.Cc1cccc(C)c1.Cc1ccccc1.Cc1ccccc1C.O. The predicted molar refractivity (Wildman–Crippen MR) is 205 cm³/mol. The third kappa shape index (κ3) is 36.8. The number of aliphatic hydroxyl groups is 1. The highest BCUT2D eigenvalue weighted by molar-refractivity contribution is 5.23. The second kappa shape index (κ2) is 42.3. The summed E-state index contributed by atoms with van der Waals surface area (Å²) in [6.45, 7) is 14.7. The summed E-state index contributed by atoms with van der Waals surface area (Å²) in [4.78, 5) is 0. The second-order valence-corrected chi connectivity index (χ2v) is 8.05. The summed E-state index contributed by atoms with van der Waals surface area (Å²) in [5.74, 6) is 0. The maximum atomic E-state index is 7.00. The molecule has 4 rings (SSSR count). The summed E-state index contributed by atoms with van der Waals surface area (Å²) in [5, 5.41) is 7.00. The molecule has 0 saturated heterocycles. The van der Waals surface area contributed by atoms with Crippen molar-refractivity contribution in [1.29, 1.82) is 0 Å². The van der Waals surface area contributed by atoms with Crippen molar-refractivity contribution >= 4 is 0 Å². The van der Waals surface area contributed by atoms with Gasteiger partial charge < -0.3 is 10.6 Å². The minimum absolute atomic E-state index is 0. The van der Waals surface area contributed by atoms with Crippen molar-refractivity contribution < 1.29 is 10.6 Å². The van der Waals surface area contributed by atoms with Gasteiger partial charge in [-0.25, -0.2) is 0 Å². The zero-order chi connectivity index (χ0) is 25.1. The van der Waals surface area contributed by atoms with Gasteiger partial charge in [0, 0.05) is 7.11 Å². The molecule has 248 valence electrons. The second-order valence-electron chi connectivity index (χ2n) is 8.05. The van der Waals surface area contributed by atoms with Crippen LogP contribution < -0.4 is 0 Å².